The second kappa shape index (κ2) is 10.7. The van der Waals surface area contributed by atoms with Crippen molar-refractivity contribution in [2.45, 2.75) is 51.0 Å². The van der Waals surface area contributed by atoms with Crippen molar-refractivity contribution in [1.29, 1.82) is 0 Å². The highest BCUT2D eigenvalue weighted by molar-refractivity contribution is 5.89. The van der Waals surface area contributed by atoms with Gasteiger partial charge in [-0.3, -0.25) is 4.98 Å². The molecule has 4 rings (SSSR count). The minimum atomic E-state index is -0.163. The van der Waals surface area contributed by atoms with Crippen LogP contribution >= 0.6 is 0 Å². The molecule has 2 fully saturated rings. The average molecular weight is 425 g/mol. The number of nitrogens with zero attached hydrogens (tertiary/aromatic N) is 2. The number of halogens is 1. The molecule has 2 heterocycles. The van der Waals surface area contributed by atoms with E-state index in [0.717, 1.165) is 38.2 Å². The van der Waals surface area contributed by atoms with Crippen LogP contribution in [0.2, 0.25) is 0 Å². The first-order valence-corrected chi connectivity index (χ1v) is 11.6. The fraction of sp³-hybridized carbons (Fsp3) is 0.520. The lowest BCUT2D eigenvalue weighted by Gasteiger charge is -2.39. The van der Waals surface area contributed by atoms with Gasteiger partial charge in [0.2, 0.25) is 0 Å². The zero-order chi connectivity index (χ0) is 21.5. The number of amides is 2. The monoisotopic (exact) mass is 424 g/mol. The van der Waals surface area contributed by atoms with Crippen LogP contribution in [0.25, 0.3) is 0 Å². The van der Waals surface area contributed by atoms with E-state index < -0.39 is 0 Å². The molecule has 6 heteroatoms. The Hall–Kier alpha value is -2.47. The molecular formula is C25H33FN4O. The number of pyridine rings is 1. The fourth-order valence-electron chi connectivity index (χ4n) is 5.05. The van der Waals surface area contributed by atoms with Gasteiger partial charge in [-0.1, -0.05) is 25.0 Å². The second-order valence-electron chi connectivity index (χ2n) is 9.06. The van der Waals surface area contributed by atoms with Crippen LogP contribution in [-0.4, -0.2) is 41.6 Å². The molecule has 0 radical (unpaired) electrons. The number of benzene rings is 1. The van der Waals surface area contributed by atoms with Crippen molar-refractivity contribution in [3.63, 3.8) is 0 Å². The van der Waals surface area contributed by atoms with E-state index in [2.05, 4.69) is 20.5 Å². The van der Waals surface area contributed by atoms with Gasteiger partial charge in [0, 0.05) is 30.7 Å². The van der Waals surface area contributed by atoms with E-state index >= 15 is 0 Å². The predicted octanol–water partition coefficient (Wildman–Crippen LogP) is 4.86. The number of carbonyl (C=O) groups excluding carboxylic acids is 1. The molecule has 1 aliphatic carbocycles. The third-order valence-corrected chi connectivity index (χ3v) is 6.80. The first-order chi connectivity index (χ1) is 15.2. The van der Waals surface area contributed by atoms with Gasteiger partial charge in [-0.2, -0.15) is 0 Å². The third kappa shape index (κ3) is 6.50. The minimum absolute atomic E-state index is 0.124. The van der Waals surface area contributed by atoms with E-state index in [1.54, 1.807) is 36.7 Å². The first-order valence-electron chi connectivity index (χ1n) is 11.6. The molecule has 2 atom stereocenters. The van der Waals surface area contributed by atoms with E-state index in [4.69, 9.17) is 0 Å². The lowest BCUT2D eigenvalue weighted by molar-refractivity contribution is 0.130. The fourth-order valence-corrected chi connectivity index (χ4v) is 5.05. The Bertz CT molecular complexity index is 821. The Morgan fingerprint density at radius 1 is 1.00 bits per heavy atom. The summed E-state index contributed by atoms with van der Waals surface area (Å²) in [5.41, 5.74) is 2.00. The summed E-state index contributed by atoms with van der Waals surface area (Å²) in [7, 11) is 0. The second-order valence-corrected chi connectivity index (χ2v) is 9.06. The molecule has 1 saturated carbocycles. The van der Waals surface area contributed by atoms with Gasteiger partial charge in [-0.05, 0) is 86.9 Å². The van der Waals surface area contributed by atoms with Crippen molar-refractivity contribution in [2.24, 2.45) is 11.8 Å². The standard InChI is InChI=1S/C25H33FN4O/c26-22-7-5-19(6-8-22)17-20-11-15-30(16-12-20)18-21-3-1-2-4-24(21)29-25(31)28-23-9-13-27-14-10-23/h5-10,13-14,20-21,24H,1-4,11-12,15-18H2,(H2,27,28,29,31). The van der Waals surface area contributed by atoms with Gasteiger partial charge in [0.05, 0.1) is 0 Å². The van der Waals surface area contributed by atoms with Gasteiger partial charge in [0.1, 0.15) is 5.82 Å². The maximum absolute atomic E-state index is 13.1. The molecule has 166 valence electrons. The highest BCUT2D eigenvalue weighted by Crippen LogP contribution is 2.28. The van der Waals surface area contributed by atoms with Gasteiger partial charge < -0.3 is 15.5 Å². The van der Waals surface area contributed by atoms with Gasteiger partial charge in [-0.15, -0.1) is 0 Å². The molecule has 2 amide bonds. The van der Waals surface area contributed by atoms with Crippen molar-refractivity contribution < 1.29 is 9.18 Å². The van der Waals surface area contributed by atoms with E-state index in [1.807, 2.05) is 12.1 Å². The maximum Gasteiger partial charge on any atom is 0.319 e. The molecule has 2 aliphatic rings. The van der Waals surface area contributed by atoms with Crippen LogP contribution in [0.15, 0.2) is 48.8 Å². The summed E-state index contributed by atoms with van der Waals surface area (Å²) >= 11 is 0. The molecule has 1 saturated heterocycles. The SMILES string of the molecule is O=C(Nc1ccncc1)NC1CCCCC1CN1CCC(Cc2ccc(F)cc2)CC1. The van der Waals surface area contributed by atoms with Crippen LogP contribution in [0.1, 0.15) is 44.1 Å². The van der Waals surface area contributed by atoms with Crippen LogP contribution in [0.4, 0.5) is 14.9 Å². The molecule has 0 bridgehead atoms. The Kier molecular flexibility index (Phi) is 7.52. The van der Waals surface area contributed by atoms with Crippen molar-refractivity contribution in [2.75, 3.05) is 25.0 Å². The summed E-state index contributed by atoms with van der Waals surface area (Å²) in [6.45, 7) is 3.28. The van der Waals surface area contributed by atoms with Crippen molar-refractivity contribution >= 4 is 11.7 Å². The zero-order valence-corrected chi connectivity index (χ0v) is 18.1. The Balaban J connectivity index is 1.24. The summed E-state index contributed by atoms with van der Waals surface area (Å²) in [4.78, 5) is 19.0. The number of hydrogen-bond donors (Lipinski definition) is 2. The summed E-state index contributed by atoms with van der Waals surface area (Å²) in [5, 5.41) is 6.14. The molecule has 5 nitrogen and oxygen atoms in total. The summed E-state index contributed by atoms with van der Waals surface area (Å²) in [5.74, 6) is 1.02. The third-order valence-electron chi connectivity index (χ3n) is 6.80. The minimum Gasteiger partial charge on any atom is -0.335 e. The van der Waals surface area contributed by atoms with E-state index in [0.29, 0.717) is 11.8 Å². The average Bonchev–Trinajstić information content (AvgIpc) is 2.79. The Labute approximate surface area is 184 Å². The van der Waals surface area contributed by atoms with E-state index in [-0.39, 0.29) is 17.9 Å². The van der Waals surface area contributed by atoms with Crippen molar-refractivity contribution in [3.8, 4) is 0 Å². The number of rotatable bonds is 6. The van der Waals surface area contributed by atoms with E-state index in [1.165, 1.54) is 37.7 Å². The molecule has 31 heavy (non-hydrogen) atoms. The first kappa shape index (κ1) is 21.8. The van der Waals surface area contributed by atoms with Gasteiger partial charge in [-0.25, -0.2) is 9.18 Å². The molecular weight excluding hydrogens is 391 g/mol. The van der Waals surface area contributed by atoms with Crippen LogP contribution in [0.3, 0.4) is 0 Å². The maximum atomic E-state index is 13.1. The lowest BCUT2D eigenvalue weighted by atomic mass is 9.83. The highest BCUT2D eigenvalue weighted by Gasteiger charge is 2.29. The van der Waals surface area contributed by atoms with Crippen LogP contribution < -0.4 is 10.6 Å². The van der Waals surface area contributed by atoms with Crippen LogP contribution in [0, 0.1) is 17.7 Å². The quantitative estimate of drug-likeness (QED) is 0.697. The molecule has 1 aromatic carbocycles. The van der Waals surface area contributed by atoms with Crippen LogP contribution in [-0.2, 0) is 6.42 Å². The largest absolute Gasteiger partial charge is 0.335 e. The lowest BCUT2D eigenvalue weighted by Crippen LogP contribution is -2.48. The highest BCUT2D eigenvalue weighted by atomic mass is 19.1. The molecule has 0 spiro atoms. The normalized spacial score (nSPS) is 22.7. The topological polar surface area (TPSA) is 57.3 Å². The van der Waals surface area contributed by atoms with Gasteiger partial charge >= 0.3 is 6.03 Å². The number of piperidine rings is 1. The molecule has 2 aromatic rings. The number of hydrogen-bond acceptors (Lipinski definition) is 3. The molecule has 1 aromatic heterocycles. The van der Waals surface area contributed by atoms with Crippen LogP contribution in [0.5, 0.6) is 0 Å². The number of aromatic nitrogens is 1. The zero-order valence-electron chi connectivity index (χ0n) is 18.1. The Morgan fingerprint density at radius 3 is 2.45 bits per heavy atom. The Morgan fingerprint density at radius 2 is 1.71 bits per heavy atom. The van der Waals surface area contributed by atoms with Crippen molar-refractivity contribution in [3.05, 3.63) is 60.2 Å². The number of likely N-dealkylation sites (tertiary alicyclic amines) is 1. The van der Waals surface area contributed by atoms with Gasteiger partial charge in [0.15, 0.2) is 0 Å². The molecule has 1 aliphatic heterocycles. The number of carbonyl (C=O) groups is 1. The van der Waals surface area contributed by atoms with E-state index in [9.17, 15) is 9.18 Å². The van der Waals surface area contributed by atoms with Gasteiger partial charge in [0.25, 0.3) is 0 Å². The molecule has 2 N–H and O–H groups in total. The predicted molar refractivity (Wildman–Crippen MR) is 121 cm³/mol. The number of nitrogens with one attached hydrogen (secondary N) is 2. The number of anilines is 1. The summed E-state index contributed by atoms with van der Waals surface area (Å²) in [6, 6.07) is 10.7. The number of urea groups is 1. The summed E-state index contributed by atoms with van der Waals surface area (Å²) < 4.78 is 13.1. The summed E-state index contributed by atoms with van der Waals surface area (Å²) in [6.07, 6.45) is 11.4. The smallest absolute Gasteiger partial charge is 0.319 e. The molecule has 2 unspecified atom stereocenters. The van der Waals surface area contributed by atoms with Crippen molar-refractivity contribution in [1.82, 2.24) is 15.2 Å².